The maximum atomic E-state index is 5.49. The van der Waals surface area contributed by atoms with Crippen LogP contribution in [0.1, 0.15) is 13.8 Å². The monoisotopic (exact) mass is 246 g/mol. The molecule has 0 spiro atoms. The van der Waals surface area contributed by atoms with E-state index in [0.29, 0.717) is 0 Å². The topological polar surface area (TPSA) is 9.23 Å². The first-order valence-corrected chi connectivity index (χ1v) is 6.43. The second kappa shape index (κ2) is 4.77. The maximum absolute atomic E-state index is 5.49. The normalized spacial score (nSPS) is 10.3. The Morgan fingerprint density at radius 3 is 2.25 bits per heavy atom. The molecule has 0 fully saturated rings. The Labute approximate surface area is 84.7 Å². The van der Waals surface area contributed by atoms with Crippen molar-refractivity contribution in [2.75, 3.05) is 0 Å². The number of ether oxygens (including phenoxy) is 1. The van der Waals surface area contributed by atoms with Crippen LogP contribution in [0.3, 0.4) is 0 Å². The summed E-state index contributed by atoms with van der Waals surface area (Å²) in [6.45, 7) is 4.04. The summed E-state index contributed by atoms with van der Waals surface area (Å²) in [6, 6.07) is 8.00. The third kappa shape index (κ3) is 3.07. The average Bonchev–Trinajstić information content (AvgIpc) is 2.05. The Morgan fingerprint density at radius 1 is 1.25 bits per heavy atom. The summed E-state index contributed by atoms with van der Waals surface area (Å²) in [5.74, 6) is 0.926. The van der Waals surface area contributed by atoms with Crippen molar-refractivity contribution in [3.05, 3.63) is 24.3 Å². The molecule has 1 aromatic carbocycles. The first-order valence-electron chi connectivity index (χ1n) is 3.77. The molecule has 3 heteroatoms. The first kappa shape index (κ1) is 9.93. The van der Waals surface area contributed by atoms with E-state index in [1.165, 1.54) is 4.90 Å². The molecule has 1 aromatic rings. The molecule has 0 atom stereocenters. The Kier molecular flexibility index (Phi) is 3.95. The summed E-state index contributed by atoms with van der Waals surface area (Å²) in [5, 5.41) is 0. The van der Waals surface area contributed by atoms with Gasteiger partial charge in [-0.25, -0.2) is 0 Å². The maximum Gasteiger partial charge on any atom is 0.119 e. The predicted octanol–water partition coefficient (Wildman–Crippen LogP) is 3.88. The van der Waals surface area contributed by atoms with Gasteiger partial charge in [0.1, 0.15) is 5.75 Å². The molecule has 0 heterocycles. The van der Waals surface area contributed by atoms with Crippen LogP contribution < -0.4 is 4.74 Å². The number of hydrogen-bond donors (Lipinski definition) is 0. The van der Waals surface area contributed by atoms with Crippen molar-refractivity contribution in [1.82, 2.24) is 0 Å². The highest BCUT2D eigenvalue weighted by atomic mass is 79.9. The van der Waals surface area contributed by atoms with Crippen molar-refractivity contribution in [3.8, 4) is 5.75 Å². The van der Waals surface area contributed by atoms with Gasteiger partial charge in [0, 0.05) is 4.90 Å². The van der Waals surface area contributed by atoms with Crippen LogP contribution in [0.25, 0.3) is 0 Å². The van der Waals surface area contributed by atoms with Gasteiger partial charge < -0.3 is 4.74 Å². The van der Waals surface area contributed by atoms with E-state index in [4.69, 9.17) is 4.74 Å². The molecule has 1 rings (SSSR count). The van der Waals surface area contributed by atoms with Gasteiger partial charge in [0.05, 0.1) is 6.10 Å². The lowest BCUT2D eigenvalue weighted by Gasteiger charge is -2.09. The van der Waals surface area contributed by atoms with E-state index in [-0.39, 0.29) is 6.10 Å². The molecule has 0 aliphatic carbocycles. The SMILES string of the molecule is CC(C)Oc1ccc(SBr)cc1. The van der Waals surface area contributed by atoms with Gasteiger partial charge in [-0.1, -0.05) is 0 Å². The molecule has 0 bridgehead atoms. The van der Waals surface area contributed by atoms with Crippen molar-refractivity contribution >= 4 is 25.0 Å². The van der Waals surface area contributed by atoms with E-state index in [9.17, 15) is 0 Å². The van der Waals surface area contributed by atoms with Crippen LogP contribution in [-0.2, 0) is 0 Å². The Balaban J connectivity index is 2.65. The summed E-state index contributed by atoms with van der Waals surface area (Å²) >= 11 is 3.31. The lowest BCUT2D eigenvalue weighted by Crippen LogP contribution is -2.04. The molecule has 0 aliphatic heterocycles. The zero-order valence-electron chi connectivity index (χ0n) is 7.08. The van der Waals surface area contributed by atoms with Gasteiger partial charge in [0.25, 0.3) is 0 Å². The first-order chi connectivity index (χ1) is 5.72. The van der Waals surface area contributed by atoms with Crippen LogP contribution in [0.4, 0.5) is 0 Å². The molecule has 0 aliphatic rings. The molecule has 1 nitrogen and oxygen atoms in total. The lowest BCUT2D eigenvalue weighted by atomic mass is 10.3. The van der Waals surface area contributed by atoms with E-state index >= 15 is 0 Å². The number of rotatable bonds is 3. The van der Waals surface area contributed by atoms with Gasteiger partial charge in [0.15, 0.2) is 0 Å². The van der Waals surface area contributed by atoms with Crippen molar-refractivity contribution in [2.24, 2.45) is 0 Å². The van der Waals surface area contributed by atoms with E-state index in [1.54, 1.807) is 10.2 Å². The quantitative estimate of drug-likeness (QED) is 0.801. The van der Waals surface area contributed by atoms with Crippen LogP contribution in [-0.4, -0.2) is 6.10 Å². The Morgan fingerprint density at radius 2 is 1.83 bits per heavy atom. The molecule has 0 aromatic heterocycles. The van der Waals surface area contributed by atoms with E-state index in [1.807, 2.05) is 38.1 Å². The predicted molar refractivity (Wildman–Crippen MR) is 57.0 cm³/mol. The molecule has 0 saturated heterocycles. The van der Waals surface area contributed by atoms with E-state index in [2.05, 4.69) is 14.8 Å². The zero-order valence-corrected chi connectivity index (χ0v) is 9.48. The minimum atomic E-state index is 0.243. The standard InChI is InChI=1S/C9H11BrOS/c1-7(2)11-8-3-5-9(12-10)6-4-8/h3-7H,1-2H3. The van der Waals surface area contributed by atoms with Crippen molar-refractivity contribution < 1.29 is 4.74 Å². The fourth-order valence-electron chi connectivity index (χ4n) is 0.842. The van der Waals surface area contributed by atoms with E-state index in [0.717, 1.165) is 5.75 Å². The van der Waals surface area contributed by atoms with Crippen LogP contribution in [0.5, 0.6) is 5.75 Å². The van der Waals surface area contributed by atoms with Gasteiger partial charge in [-0.05, 0) is 63.1 Å². The molecule has 12 heavy (non-hydrogen) atoms. The highest BCUT2D eigenvalue weighted by molar-refractivity contribution is 9.50. The van der Waals surface area contributed by atoms with Crippen LogP contribution in [0.15, 0.2) is 29.2 Å². The van der Waals surface area contributed by atoms with E-state index < -0.39 is 0 Å². The summed E-state index contributed by atoms with van der Waals surface area (Å²) in [7, 11) is 1.55. The summed E-state index contributed by atoms with van der Waals surface area (Å²) < 4.78 is 5.49. The third-order valence-electron chi connectivity index (χ3n) is 1.28. The van der Waals surface area contributed by atoms with Crippen molar-refractivity contribution in [1.29, 1.82) is 0 Å². The molecule has 0 unspecified atom stereocenters. The van der Waals surface area contributed by atoms with Crippen LogP contribution in [0.2, 0.25) is 0 Å². The number of benzene rings is 1. The minimum absolute atomic E-state index is 0.243. The fourth-order valence-corrected chi connectivity index (χ4v) is 1.73. The number of halogens is 1. The van der Waals surface area contributed by atoms with Crippen molar-refractivity contribution in [2.45, 2.75) is 24.8 Å². The van der Waals surface area contributed by atoms with Gasteiger partial charge in [-0.3, -0.25) is 0 Å². The van der Waals surface area contributed by atoms with Crippen molar-refractivity contribution in [3.63, 3.8) is 0 Å². The van der Waals surface area contributed by atoms with Gasteiger partial charge in [-0.2, -0.15) is 0 Å². The Hall–Kier alpha value is -0.150. The van der Waals surface area contributed by atoms with Gasteiger partial charge >= 0.3 is 0 Å². The molecule has 0 saturated carbocycles. The smallest absolute Gasteiger partial charge is 0.119 e. The summed E-state index contributed by atoms with van der Waals surface area (Å²) in [4.78, 5) is 1.19. The fraction of sp³-hybridized carbons (Fsp3) is 0.333. The molecule has 66 valence electrons. The zero-order chi connectivity index (χ0) is 8.97. The molecule has 0 amide bonds. The Bertz CT molecular complexity index is 233. The van der Waals surface area contributed by atoms with Gasteiger partial charge in [-0.15, -0.1) is 0 Å². The molecule has 0 N–H and O–H groups in total. The summed E-state index contributed by atoms with van der Waals surface area (Å²) in [6.07, 6.45) is 0.243. The van der Waals surface area contributed by atoms with Gasteiger partial charge in [0.2, 0.25) is 0 Å². The minimum Gasteiger partial charge on any atom is -0.491 e. The van der Waals surface area contributed by atoms with Crippen LogP contribution >= 0.6 is 25.0 Å². The number of hydrogen-bond acceptors (Lipinski definition) is 2. The highest BCUT2D eigenvalue weighted by Gasteiger charge is 1.96. The second-order valence-corrected chi connectivity index (χ2v) is 4.31. The molecular formula is C9H11BrOS. The summed E-state index contributed by atoms with van der Waals surface area (Å²) in [5.41, 5.74) is 0. The third-order valence-corrected chi connectivity index (χ3v) is 2.86. The largest absolute Gasteiger partial charge is 0.491 e. The molecular weight excluding hydrogens is 236 g/mol. The molecule has 0 radical (unpaired) electrons. The lowest BCUT2D eigenvalue weighted by molar-refractivity contribution is 0.242. The highest BCUT2D eigenvalue weighted by Crippen LogP contribution is 2.26. The second-order valence-electron chi connectivity index (χ2n) is 2.72. The van der Waals surface area contributed by atoms with Crippen LogP contribution in [0, 0.1) is 0 Å². The average molecular weight is 247 g/mol.